The van der Waals surface area contributed by atoms with E-state index in [1.807, 2.05) is 44.2 Å². The van der Waals surface area contributed by atoms with E-state index in [-0.39, 0.29) is 54.6 Å². The van der Waals surface area contributed by atoms with Crippen molar-refractivity contribution in [1.29, 1.82) is 0 Å². The van der Waals surface area contributed by atoms with E-state index < -0.39 is 41.5 Å². The maximum absolute atomic E-state index is 13.6. The zero-order valence-corrected chi connectivity index (χ0v) is 23.4. The van der Waals surface area contributed by atoms with Crippen LogP contribution in [0.5, 0.6) is 0 Å². The van der Waals surface area contributed by atoms with Crippen LogP contribution >= 0.6 is 0 Å². The summed E-state index contributed by atoms with van der Waals surface area (Å²) in [6, 6.07) is 13.6. The van der Waals surface area contributed by atoms with Gasteiger partial charge in [0.1, 0.15) is 6.10 Å². The van der Waals surface area contributed by atoms with Crippen molar-refractivity contribution in [2.75, 3.05) is 26.3 Å². The third kappa shape index (κ3) is 7.61. The van der Waals surface area contributed by atoms with Gasteiger partial charge in [-0.2, -0.15) is 4.31 Å². The number of hydrogen-bond donors (Lipinski definition) is 4. The predicted octanol–water partition coefficient (Wildman–Crippen LogP) is 0.473. The van der Waals surface area contributed by atoms with E-state index >= 15 is 0 Å². The van der Waals surface area contributed by atoms with Crippen LogP contribution in [0.15, 0.2) is 59.5 Å². The number of amides is 1. The van der Waals surface area contributed by atoms with E-state index in [1.54, 1.807) is 0 Å². The summed E-state index contributed by atoms with van der Waals surface area (Å²) in [4.78, 5) is 12.9. The van der Waals surface area contributed by atoms with Crippen molar-refractivity contribution < 1.29 is 42.6 Å². The number of alkyl carbamates (subject to hydrolysis) is 1. The van der Waals surface area contributed by atoms with Crippen LogP contribution in [0.25, 0.3) is 0 Å². The lowest BCUT2D eigenvalue weighted by molar-refractivity contribution is -0.0907. The molecular weight excluding hydrogens is 539 g/mol. The lowest BCUT2D eigenvalue weighted by Crippen LogP contribution is -2.51. The average Bonchev–Trinajstić information content (AvgIpc) is 3.53. The molecule has 0 bridgehead atoms. The molecule has 0 spiro atoms. The molecule has 2 aromatic rings. The number of nitrogens with one attached hydrogen (secondary N) is 1. The summed E-state index contributed by atoms with van der Waals surface area (Å²) in [5.74, 6) is -0.108. The van der Waals surface area contributed by atoms with Crippen LogP contribution in [-0.2, 0) is 30.7 Å². The van der Waals surface area contributed by atoms with Crippen molar-refractivity contribution in [3.63, 3.8) is 0 Å². The molecule has 0 aromatic heterocycles. The molecule has 2 aliphatic heterocycles. The first-order chi connectivity index (χ1) is 19.0. The minimum atomic E-state index is -4.06. The third-order valence-electron chi connectivity index (χ3n) is 7.09. The lowest BCUT2D eigenvalue weighted by atomic mass is 9.81. The quantitative estimate of drug-likeness (QED) is 0.264. The van der Waals surface area contributed by atoms with Crippen molar-refractivity contribution in [2.45, 2.75) is 56.1 Å². The molecule has 2 aromatic carbocycles. The molecule has 0 radical (unpaired) electrons. The maximum Gasteiger partial charge on any atom is 0.488 e. The number of hydrogen-bond acceptors (Lipinski definition) is 9. The molecule has 2 unspecified atom stereocenters. The fourth-order valence-electron chi connectivity index (χ4n) is 5.00. The van der Waals surface area contributed by atoms with Crippen molar-refractivity contribution in [2.24, 2.45) is 11.8 Å². The van der Waals surface area contributed by atoms with Gasteiger partial charge in [0.25, 0.3) is 0 Å². The van der Waals surface area contributed by atoms with E-state index in [1.165, 1.54) is 28.6 Å². The van der Waals surface area contributed by atoms with Crippen LogP contribution in [-0.4, -0.2) is 91.9 Å². The number of rotatable bonds is 12. The Morgan fingerprint density at radius 1 is 1.10 bits per heavy atom. The van der Waals surface area contributed by atoms with Crippen LogP contribution in [0.1, 0.15) is 25.8 Å². The second kappa shape index (κ2) is 13.4. The van der Waals surface area contributed by atoms with Gasteiger partial charge in [0, 0.05) is 13.1 Å². The second-order valence-corrected chi connectivity index (χ2v) is 12.6. The minimum absolute atomic E-state index is 0.0479. The standard InChI is InChI=1S/C27H37BN2O9S/c1-18(2)15-30(40(35,36)21-10-8-20(9-11-21)28(33)34)16-24(31)23(14-19-6-4-3-5-7-19)29-27(32)39-25-17-38-26-22(25)12-13-37-26/h3-11,18,22-26,31,33-34H,12-17H2,1-2H3,(H,29,32)/t22-,23-,24+,25?,26?/m0/s1. The van der Waals surface area contributed by atoms with Gasteiger partial charge in [-0.1, -0.05) is 56.3 Å². The zero-order chi connectivity index (χ0) is 28.9. The number of ether oxygens (including phenoxy) is 3. The van der Waals surface area contributed by atoms with Crippen molar-refractivity contribution >= 4 is 28.7 Å². The molecule has 2 aliphatic rings. The van der Waals surface area contributed by atoms with E-state index in [0.717, 1.165) is 12.0 Å². The molecule has 4 N–H and O–H groups in total. The molecule has 2 saturated heterocycles. The molecule has 5 atom stereocenters. The summed E-state index contributed by atoms with van der Waals surface area (Å²) in [7, 11) is -5.79. The highest BCUT2D eigenvalue weighted by molar-refractivity contribution is 7.89. The van der Waals surface area contributed by atoms with Crippen molar-refractivity contribution in [3.8, 4) is 0 Å². The Morgan fingerprint density at radius 2 is 1.80 bits per heavy atom. The summed E-state index contributed by atoms with van der Waals surface area (Å²) >= 11 is 0. The van der Waals surface area contributed by atoms with Crippen molar-refractivity contribution in [1.82, 2.24) is 9.62 Å². The number of carbonyl (C=O) groups is 1. The minimum Gasteiger partial charge on any atom is -0.443 e. The van der Waals surface area contributed by atoms with E-state index in [2.05, 4.69) is 5.32 Å². The predicted molar refractivity (Wildman–Crippen MR) is 147 cm³/mol. The van der Waals surface area contributed by atoms with Crippen LogP contribution in [0.4, 0.5) is 4.79 Å². The van der Waals surface area contributed by atoms with Crippen molar-refractivity contribution in [3.05, 3.63) is 60.2 Å². The molecule has 13 heteroatoms. The second-order valence-electron chi connectivity index (χ2n) is 10.6. The fraction of sp³-hybridized carbons (Fsp3) is 0.519. The molecular formula is C27H37BN2O9S. The number of fused-ring (bicyclic) bond motifs is 1. The Morgan fingerprint density at radius 3 is 2.45 bits per heavy atom. The zero-order valence-electron chi connectivity index (χ0n) is 22.6. The lowest BCUT2D eigenvalue weighted by Gasteiger charge is -2.31. The SMILES string of the molecule is CC(C)CN(C[C@@H](O)[C@H](Cc1ccccc1)NC(=O)OC1COC2OCC[C@@H]12)S(=O)(=O)c1ccc(B(O)O)cc1. The third-order valence-corrected chi connectivity index (χ3v) is 8.93. The average molecular weight is 576 g/mol. The van der Waals surface area contributed by atoms with Gasteiger partial charge in [0.2, 0.25) is 10.0 Å². The molecule has 0 aliphatic carbocycles. The number of sulfonamides is 1. The Bertz CT molecular complexity index is 1210. The maximum atomic E-state index is 13.6. The first kappa shape index (κ1) is 30.4. The van der Waals surface area contributed by atoms with Gasteiger partial charge in [0.15, 0.2) is 6.29 Å². The van der Waals surface area contributed by atoms with Gasteiger partial charge in [-0.15, -0.1) is 0 Å². The molecule has 2 fully saturated rings. The van der Waals surface area contributed by atoms with Crippen LogP contribution in [0.2, 0.25) is 0 Å². The van der Waals surface area contributed by atoms with Gasteiger partial charge in [-0.05, 0) is 41.9 Å². The molecule has 218 valence electrons. The smallest absolute Gasteiger partial charge is 0.443 e. The number of aliphatic hydroxyl groups excluding tert-OH is 1. The highest BCUT2D eigenvalue weighted by Crippen LogP contribution is 2.33. The summed E-state index contributed by atoms with van der Waals surface area (Å²) in [6.07, 6.45) is -1.89. The van der Waals surface area contributed by atoms with Gasteiger partial charge in [-0.25, -0.2) is 13.2 Å². The topological polar surface area (TPSA) is 155 Å². The molecule has 0 saturated carbocycles. The van der Waals surface area contributed by atoms with Crippen LogP contribution in [0.3, 0.4) is 0 Å². The Hall–Kier alpha value is -2.52. The number of aliphatic hydroxyl groups is 1. The Kier molecular flexibility index (Phi) is 10.2. The number of nitrogens with zero attached hydrogens (tertiary/aromatic N) is 1. The highest BCUT2D eigenvalue weighted by Gasteiger charge is 2.44. The highest BCUT2D eigenvalue weighted by atomic mass is 32.2. The molecule has 11 nitrogen and oxygen atoms in total. The Balaban J connectivity index is 1.51. The summed E-state index contributed by atoms with van der Waals surface area (Å²) in [6.45, 7) is 4.32. The molecule has 2 heterocycles. The Labute approximate surface area is 235 Å². The normalized spacial score (nSPS) is 22.2. The summed E-state index contributed by atoms with van der Waals surface area (Å²) in [5.41, 5.74) is 1.000. The van der Waals surface area contributed by atoms with Crippen LogP contribution < -0.4 is 10.8 Å². The van der Waals surface area contributed by atoms with Gasteiger partial charge in [0.05, 0.1) is 36.2 Å². The van der Waals surface area contributed by atoms with E-state index in [0.29, 0.717) is 6.61 Å². The van der Waals surface area contributed by atoms with E-state index in [9.17, 15) is 28.4 Å². The van der Waals surface area contributed by atoms with Gasteiger partial charge >= 0.3 is 13.2 Å². The van der Waals surface area contributed by atoms with Crippen LogP contribution in [0, 0.1) is 11.8 Å². The largest absolute Gasteiger partial charge is 0.488 e. The van der Waals surface area contributed by atoms with E-state index in [4.69, 9.17) is 14.2 Å². The first-order valence-electron chi connectivity index (χ1n) is 13.4. The number of benzene rings is 2. The molecule has 1 amide bonds. The first-order valence-corrected chi connectivity index (χ1v) is 14.9. The molecule has 40 heavy (non-hydrogen) atoms. The monoisotopic (exact) mass is 576 g/mol. The number of carbonyl (C=O) groups excluding carboxylic acids is 1. The summed E-state index contributed by atoms with van der Waals surface area (Å²) in [5, 5.41) is 32.8. The fourth-order valence-corrected chi connectivity index (χ4v) is 6.62. The van der Waals surface area contributed by atoms with Gasteiger partial charge in [-0.3, -0.25) is 0 Å². The van der Waals surface area contributed by atoms with Gasteiger partial charge < -0.3 is 34.7 Å². The molecule has 4 rings (SSSR count). The summed E-state index contributed by atoms with van der Waals surface area (Å²) < 4.78 is 45.0.